The van der Waals surface area contributed by atoms with Gasteiger partial charge in [0.05, 0.1) is 12.1 Å². The van der Waals surface area contributed by atoms with E-state index >= 15 is 0 Å². The zero-order valence-electron chi connectivity index (χ0n) is 12.7. The SMILES string of the molecule is N#C[C@@]1(Cc2ccccc2)c2ccccc2N2CCCC[C@H]21. The fourth-order valence-electron chi connectivity index (χ4n) is 4.32. The quantitative estimate of drug-likeness (QED) is 0.833. The van der Waals surface area contributed by atoms with Crippen molar-refractivity contribution in [2.75, 3.05) is 11.4 Å². The predicted molar refractivity (Wildman–Crippen MR) is 88.9 cm³/mol. The lowest BCUT2D eigenvalue weighted by molar-refractivity contribution is 0.367. The zero-order chi connectivity index (χ0) is 15.0. The highest BCUT2D eigenvalue weighted by molar-refractivity contribution is 5.67. The molecule has 2 aromatic rings. The van der Waals surface area contributed by atoms with Crippen molar-refractivity contribution in [3.63, 3.8) is 0 Å². The molecule has 2 aromatic carbocycles. The number of fused-ring (bicyclic) bond motifs is 3. The molecule has 2 heterocycles. The maximum absolute atomic E-state index is 10.2. The Morgan fingerprint density at radius 3 is 2.64 bits per heavy atom. The van der Waals surface area contributed by atoms with E-state index in [0.717, 1.165) is 19.4 Å². The van der Waals surface area contributed by atoms with E-state index in [1.54, 1.807) is 0 Å². The minimum Gasteiger partial charge on any atom is -0.366 e. The van der Waals surface area contributed by atoms with Crippen LogP contribution in [0.5, 0.6) is 0 Å². The van der Waals surface area contributed by atoms with E-state index in [9.17, 15) is 5.26 Å². The van der Waals surface area contributed by atoms with Gasteiger partial charge in [0, 0.05) is 12.2 Å². The van der Waals surface area contributed by atoms with Crippen molar-refractivity contribution in [3.05, 3.63) is 65.7 Å². The molecule has 0 amide bonds. The second-order valence-electron chi connectivity index (χ2n) is 6.47. The highest BCUT2D eigenvalue weighted by Gasteiger charge is 2.51. The second-order valence-corrected chi connectivity index (χ2v) is 6.47. The molecule has 1 saturated heterocycles. The van der Waals surface area contributed by atoms with Crippen molar-refractivity contribution in [1.82, 2.24) is 0 Å². The summed E-state index contributed by atoms with van der Waals surface area (Å²) < 4.78 is 0. The largest absolute Gasteiger partial charge is 0.366 e. The molecular weight excluding hydrogens is 268 g/mol. The number of anilines is 1. The van der Waals surface area contributed by atoms with Crippen molar-refractivity contribution in [2.24, 2.45) is 0 Å². The first-order chi connectivity index (χ1) is 10.8. The number of piperidine rings is 1. The third-order valence-electron chi connectivity index (χ3n) is 5.29. The van der Waals surface area contributed by atoms with Gasteiger partial charge in [0.2, 0.25) is 0 Å². The van der Waals surface area contributed by atoms with Crippen molar-refractivity contribution in [2.45, 2.75) is 37.1 Å². The molecule has 110 valence electrons. The molecule has 0 aromatic heterocycles. The van der Waals surface area contributed by atoms with Crippen LogP contribution >= 0.6 is 0 Å². The fourth-order valence-corrected chi connectivity index (χ4v) is 4.32. The van der Waals surface area contributed by atoms with Crippen molar-refractivity contribution >= 4 is 5.69 Å². The number of nitriles is 1. The van der Waals surface area contributed by atoms with E-state index in [2.05, 4.69) is 59.5 Å². The molecule has 0 unspecified atom stereocenters. The summed E-state index contributed by atoms with van der Waals surface area (Å²) in [5.74, 6) is 0. The summed E-state index contributed by atoms with van der Waals surface area (Å²) in [5.41, 5.74) is 3.36. The van der Waals surface area contributed by atoms with Crippen LogP contribution in [0.1, 0.15) is 30.4 Å². The van der Waals surface area contributed by atoms with Crippen LogP contribution in [0.2, 0.25) is 0 Å². The summed E-state index contributed by atoms with van der Waals surface area (Å²) in [6.45, 7) is 1.08. The normalized spacial score (nSPS) is 26.1. The third kappa shape index (κ3) is 1.85. The van der Waals surface area contributed by atoms with Crippen LogP contribution in [0.15, 0.2) is 54.6 Å². The highest BCUT2D eigenvalue weighted by atomic mass is 15.2. The lowest BCUT2D eigenvalue weighted by Gasteiger charge is -2.38. The number of benzene rings is 2. The molecule has 2 heteroatoms. The van der Waals surface area contributed by atoms with Gasteiger partial charge >= 0.3 is 0 Å². The van der Waals surface area contributed by atoms with E-state index < -0.39 is 5.41 Å². The van der Waals surface area contributed by atoms with Gasteiger partial charge in [-0.3, -0.25) is 0 Å². The summed E-state index contributed by atoms with van der Waals surface area (Å²) >= 11 is 0. The summed E-state index contributed by atoms with van der Waals surface area (Å²) in [5, 5.41) is 10.2. The number of hydrogen-bond donors (Lipinski definition) is 0. The van der Waals surface area contributed by atoms with Gasteiger partial charge in [0.25, 0.3) is 0 Å². The number of para-hydroxylation sites is 1. The van der Waals surface area contributed by atoms with E-state index in [4.69, 9.17) is 0 Å². The third-order valence-corrected chi connectivity index (χ3v) is 5.29. The first kappa shape index (κ1) is 13.4. The lowest BCUT2D eigenvalue weighted by Crippen LogP contribution is -2.48. The molecule has 4 rings (SSSR count). The summed E-state index contributed by atoms with van der Waals surface area (Å²) in [7, 11) is 0. The molecule has 0 aliphatic carbocycles. The summed E-state index contributed by atoms with van der Waals surface area (Å²) in [4.78, 5) is 2.49. The van der Waals surface area contributed by atoms with E-state index in [1.807, 2.05) is 6.07 Å². The Kier molecular flexibility index (Phi) is 3.15. The first-order valence-electron chi connectivity index (χ1n) is 8.16. The molecular formula is C20H20N2. The predicted octanol–water partition coefficient (Wildman–Crippen LogP) is 4.06. The molecule has 2 aliphatic rings. The Morgan fingerprint density at radius 1 is 1.05 bits per heavy atom. The Bertz CT molecular complexity index is 716. The van der Waals surface area contributed by atoms with Crippen molar-refractivity contribution < 1.29 is 0 Å². The summed E-state index contributed by atoms with van der Waals surface area (Å²) in [6, 6.07) is 22.1. The van der Waals surface area contributed by atoms with E-state index in [-0.39, 0.29) is 0 Å². The van der Waals surface area contributed by atoms with Gasteiger partial charge in [-0.2, -0.15) is 5.26 Å². The van der Waals surface area contributed by atoms with Crippen LogP contribution in [-0.4, -0.2) is 12.6 Å². The van der Waals surface area contributed by atoms with Gasteiger partial charge in [-0.15, -0.1) is 0 Å². The Hall–Kier alpha value is -2.27. The Labute approximate surface area is 132 Å². The van der Waals surface area contributed by atoms with Gasteiger partial charge in [0.1, 0.15) is 5.41 Å². The first-order valence-corrected chi connectivity index (χ1v) is 8.16. The van der Waals surface area contributed by atoms with Crippen LogP contribution in [-0.2, 0) is 11.8 Å². The molecule has 0 N–H and O–H groups in total. The Morgan fingerprint density at radius 2 is 1.82 bits per heavy atom. The van der Waals surface area contributed by atoms with Crippen molar-refractivity contribution in [1.29, 1.82) is 5.26 Å². The average Bonchev–Trinajstić information content (AvgIpc) is 2.87. The van der Waals surface area contributed by atoms with Crippen LogP contribution in [0, 0.1) is 11.3 Å². The highest BCUT2D eigenvalue weighted by Crippen LogP contribution is 2.50. The molecule has 22 heavy (non-hydrogen) atoms. The van der Waals surface area contributed by atoms with Gasteiger partial charge < -0.3 is 4.90 Å². The molecule has 0 bridgehead atoms. The molecule has 1 fully saturated rings. The number of rotatable bonds is 2. The van der Waals surface area contributed by atoms with Gasteiger partial charge in [-0.25, -0.2) is 0 Å². The number of nitrogens with zero attached hydrogens (tertiary/aromatic N) is 2. The van der Waals surface area contributed by atoms with E-state index in [0.29, 0.717) is 6.04 Å². The molecule has 0 radical (unpaired) electrons. The summed E-state index contributed by atoms with van der Waals surface area (Å²) in [6.07, 6.45) is 4.39. The van der Waals surface area contributed by atoms with Gasteiger partial charge in [0.15, 0.2) is 0 Å². The maximum atomic E-state index is 10.2. The van der Waals surface area contributed by atoms with Crippen LogP contribution in [0.3, 0.4) is 0 Å². The molecule has 0 spiro atoms. The van der Waals surface area contributed by atoms with Crippen molar-refractivity contribution in [3.8, 4) is 6.07 Å². The smallest absolute Gasteiger partial charge is 0.108 e. The van der Waals surface area contributed by atoms with Crippen LogP contribution in [0.25, 0.3) is 0 Å². The van der Waals surface area contributed by atoms with Gasteiger partial charge in [-0.1, -0.05) is 48.5 Å². The zero-order valence-corrected chi connectivity index (χ0v) is 12.7. The average molecular weight is 288 g/mol. The Balaban J connectivity index is 1.85. The van der Waals surface area contributed by atoms with Crippen LogP contribution < -0.4 is 4.90 Å². The number of hydrogen-bond acceptors (Lipinski definition) is 2. The lowest BCUT2D eigenvalue weighted by atomic mass is 9.71. The molecule has 2 aliphatic heterocycles. The minimum absolute atomic E-state index is 0.323. The topological polar surface area (TPSA) is 27.0 Å². The second kappa shape index (κ2) is 5.18. The van der Waals surface area contributed by atoms with Gasteiger partial charge in [-0.05, 0) is 42.9 Å². The monoisotopic (exact) mass is 288 g/mol. The van der Waals surface area contributed by atoms with Crippen LogP contribution in [0.4, 0.5) is 5.69 Å². The van der Waals surface area contributed by atoms with E-state index in [1.165, 1.54) is 29.7 Å². The molecule has 0 saturated carbocycles. The maximum Gasteiger partial charge on any atom is 0.108 e. The fraction of sp³-hybridized carbons (Fsp3) is 0.350. The molecule has 2 nitrogen and oxygen atoms in total. The molecule has 2 atom stereocenters. The standard InChI is InChI=1S/C20H20N2/c21-15-20(14-16-8-2-1-3-9-16)17-10-4-5-11-18(17)22-13-7-6-12-19(20)22/h1-5,8-11,19H,6-7,12-14H2/t19-,20-/m0/s1. The minimum atomic E-state index is -0.404.